The van der Waals surface area contributed by atoms with E-state index in [0.29, 0.717) is 12.0 Å². The van der Waals surface area contributed by atoms with Gasteiger partial charge in [0.1, 0.15) is 18.2 Å². The zero-order chi connectivity index (χ0) is 13.4. The first kappa shape index (κ1) is 12.6. The summed E-state index contributed by atoms with van der Waals surface area (Å²) >= 11 is 0. The first-order valence-electron chi connectivity index (χ1n) is 7.08. The van der Waals surface area contributed by atoms with Gasteiger partial charge in [-0.3, -0.25) is 0 Å². The van der Waals surface area contributed by atoms with E-state index in [1.165, 1.54) is 0 Å². The second-order valence-corrected chi connectivity index (χ2v) is 5.84. The van der Waals surface area contributed by atoms with Crippen LogP contribution in [0.25, 0.3) is 11.0 Å². The summed E-state index contributed by atoms with van der Waals surface area (Å²) in [6, 6.07) is 2.09. The average Bonchev–Trinajstić information content (AvgIpc) is 2.95. The maximum atomic E-state index is 6.17. The first-order valence-corrected chi connectivity index (χ1v) is 7.08. The van der Waals surface area contributed by atoms with Crippen molar-refractivity contribution in [3.8, 4) is 0 Å². The van der Waals surface area contributed by atoms with Crippen molar-refractivity contribution in [1.29, 1.82) is 0 Å². The fourth-order valence-electron chi connectivity index (χ4n) is 2.92. The molecular weight excluding hydrogens is 238 g/mol. The highest BCUT2D eigenvalue weighted by molar-refractivity contribution is 5.78. The van der Waals surface area contributed by atoms with Crippen molar-refractivity contribution in [3.05, 3.63) is 24.3 Å². The average molecular weight is 259 g/mol. The molecule has 1 aliphatic heterocycles. The highest BCUT2D eigenvalue weighted by Gasteiger charge is 2.27. The van der Waals surface area contributed by atoms with E-state index in [4.69, 9.17) is 4.74 Å². The number of fused-ring (bicyclic) bond motifs is 1. The lowest BCUT2D eigenvalue weighted by Gasteiger charge is -2.17. The molecular formula is C15H21N3O. The number of ether oxygens (including phenoxy) is 1. The summed E-state index contributed by atoms with van der Waals surface area (Å²) in [7, 11) is 0. The molecule has 3 heterocycles. The Labute approximate surface area is 113 Å². The topological polar surface area (TPSA) is 39.9 Å². The Bertz CT molecular complexity index is 576. The molecule has 1 aliphatic rings. The van der Waals surface area contributed by atoms with Crippen molar-refractivity contribution >= 4 is 11.0 Å². The number of rotatable bonds is 3. The quantitative estimate of drug-likeness (QED) is 0.847. The lowest BCUT2D eigenvalue weighted by Crippen LogP contribution is -2.13. The van der Waals surface area contributed by atoms with Crippen LogP contribution in [0.3, 0.4) is 0 Å². The van der Waals surface area contributed by atoms with Crippen molar-refractivity contribution < 1.29 is 4.74 Å². The van der Waals surface area contributed by atoms with Crippen molar-refractivity contribution in [2.24, 2.45) is 5.92 Å². The molecule has 4 nitrogen and oxygen atoms in total. The van der Waals surface area contributed by atoms with Gasteiger partial charge >= 0.3 is 0 Å². The summed E-state index contributed by atoms with van der Waals surface area (Å²) in [5.74, 6) is 0.690. The van der Waals surface area contributed by atoms with E-state index < -0.39 is 0 Å². The maximum absolute atomic E-state index is 6.17. The van der Waals surface area contributed by atoms with Crippen molar-refractivity contribution in [3.63, 3.8) is 0 Å². The number of hydrogen-bond acceptors (Lipinski definition) is 3. The number of hydrogen-bond donors (Lipinski definition) is 0. The standard InChI is InChI=1S/C15H21N3O/c1-10(2)8-12-4-5-14(19-12)18-7-6-13-11(3)16-9-17-15(13)18/h6-7,9-10,12,14H,4-5,8H2,1-3H3. The second kappa shape index (κ2) is 4.93. The molecule has 2 atom stereocenters. The fraction of sp³-hybridized carbons (Fsp3) is 0.600. The van der Waals surface area contributed by atoms with Gasteiger partial charge in [0.15, 0.2) is 0 Å². The highest BCUT2D eigenvalue weighted by Crippen LogP contribution is 2.33. The molecule has 0 aromatic carbocycles. The van der Waals surface area contributed by atoms with Gasteiger partial charge in [-0.05, 0) is 38.2 Å². The predicted octanol–water partition coefficient (Wildman–Crippen LogP) is 3.46. The van der Waals surface area contributed by atoms with Gasteiger partial charge in [0.2, 0.25) is 0 Å². The molecule has 2 aromatic heterocycles. The van der Waals surface area contributed by atoms with Crippen LogP contribution >= 0.6 is 0 Å². The number of nitrogens with zero attached hydrogens (tertiary/aromatic N) is 3. The van der Waals surface area contributed by atoms with Gasteiger partial charge in [-0.25, -0.2) is 9.97 Å². The van der Waals surface area contributed by atoms with Gasteiger partial charge in [-0.2, -0.15) is 0 Å². The van der Waals surface area contributed by atoms with Crippen LogP contribution < -0.4 is 0 Å². The molecule has 1 saturated heterocycles. The lowest BCUT2D eigenvalue weighted by molar-refractivity contribution is -0.00413. The summed E-state index contributed by atoms with van der Waals surface area (Å²) < 4.78 is 8.32. The van der Waals surface area contributed by atoms with Crippen LogP contribution in [0, 0.1) is 12.8 Å². The van der Waals surface area contributed by atoms with E-state index in [-0.39, 0.29) is 6.23 Å². The molecule has 4 heteroatoms. The smallest absolute Gasteiger partial charge is 0.145 e. The van der Waals surface area contributed by atoms with Gasteiger partial charge in [0, 0.05) is 11.6 Å². The van der Waals surface area contributed by atoms with Crippen LogP contribution in [0.2, 0.25) is 0 Å². The van der Waals surface area contributed by atoms with Crippen molar-refractivity contribution in [2.75, 3.05) is 0 Å². The SMILES string of the molecule is Cc1ncnc2c1ccn2C1CCC(CC(C)C)O1. The molecule has 0 N–H and O–H groups in total. The van der Waals surface area contributed by atoms with Gasteiger partial charge in [0.25, 0.3) is 0 Å². The van der Waals surface area contributed by atoms with E-state index in [1.807, 2.05) is 6.92 Å². The number of aromatic nitrogens is 3. The minimum Gasteiger partial charge on any atom is -0.355 e. The minimum atomic E-state index is 0.135. The van der Waals surface area contributed by atoms with Gasteiger partial charge in [-0.15, -0.1) is 0 Å². The summed E-state index contributed by atoms with van der Waals surface area (Å²) in [6.45, 7) is 6.52. The van der Waals surface area contributed by atoms with Gasteiger partial charge in [-0.1, -0.05) is 13.8 Å². The Morgan fingerprint density at radius 3 is 3.00 bits per heavy atom. The number of aryl methyl sites for hydroxylation is 1. The molecule has 2 unspecified atom stereocenters. The van der Waals surface area contributed by atoms with Gasteiger partial charge < -0.3 is 9.30 Å². The summed E-state index contributed by atoms with van der Waals surface area (Å²) in [4.78, 5) is 8.64. The van der Waals surface area contributed by atoms with E-state index in [1.54, 1.807) is 6.33 Å². The van der Waals surface area contributed by atoms with E-state index in [9.17, 15) is 0 Å². The van der Waals surface area contributed by atoms with E-state index in [0.717, 1.165) is 36.0 Å². The van der Waals surface area contributed by atoms with Crippen LogP contribution in [0.4, 0.5) is 0 Å². The Morgan fingerprint density at radius 1 is 1.37 bits per heavy atom. The summed E-state index contributed by atoms with van der Waals surface area (Å²) in [5, 5.41) is 1.12. The Kier molecular flexibility index (Phi) is 3.27. The zero-order valence-electron chi connectivity index (χ0n) is 11.8. The minimum absolute atomic E-state index is 0.135. The van der Waals surface area contributed by atoms with Gasteiger partial charge in [0.05, 0.1) is 11.8 Å². The molecule has 102 valence electrons. The van der Waals surface area contributed by atoms with Crippen molar-refractivity contribution in [2.45, 2.75) is 52.4 Å². The molecule has 0 bridgehead atoms. The Morgan fingerprint density at radius 2 is 2.21 bits per heavy atom. The van der Waals surface area contributed by atoms with E-state index in [2.05, 4.69) is 40.6 Å². The molecule has 3 rings (SSSR count). The zero-order valence-corrected chi connectivity index (χ0v) is 11.8. The Hall–Kier alpha value is -1.42. The normalized spacial score (nSPS) is 23.6. The molecule has 0 aliphatic carbocycles. The molecule has 0 spiro atoms. The third-order valence-corrected chi connectivity index (χ3v) is 3.84. The molecule has 0 amide bonds. The van der Waals surface area contributed by atoms with Crippen LogP contribution in [-0.2, 0) is 4.74 Å². The monoisotopic (exact) mass is 259 g/mol. The molecule has 2 aromatic rings. The molecule has 19 heavy (non-hydrogen) atoms. The van der Waals surface area contributed by atoms with Crippen LogP contribution in [0.15, 0.2) is 18.6 Å². The summed E-state index contributed by atoms with van der Waals surface area (Å²) in [5.41, 5.74) is 2.02. The second-order valence-electron chi connectivity index (χ2n) is 5.84. The first-order chi connectivity index (χ1) is 9.15. The largest absolute Gasteiger partial charge is 0.355 e. The van der Waals surface area contributed by atoms with Crippen molar-refractivity contribution in [1.82, 2.24) is 14.5 Å². The molecule has 0 radical (unpaired) electrons. The highest BCUT2D eigenvalue weighted by atomic mass is 16.5. The molecule has 0 saturated carbocycles. The van der Waals surface area contributed by atoms with E-state index >= 15 is 0 Å². The lowest BCUT2D eigenvalue weighted by atomic mass is 10.0. The third-order valence-electron chi connectivity index (χ3n) is 3.84. The van der Waals surface area contributed by atoms with Crippen LogP contribution in [0.5, 0.6) is 0 Å². The van der Waals surface area contributed by atoms with Crippen LogP contribution in [-0.4, -0.2) is 20.6 Å². The Balaban J connectivity index is 1.84. The fourth-order valence-corrected chi connectivity index (χ4v) is 2.92. The predicted molar refractivity (Wildman–Crippen MR) is 74.9 cm³/mol. The van der Waals surface area contributed by atoms with Crippen LogP contribution in [0.1, 0.15) is 45.0 Å². The maximum Gasteiger partial charge on any atom is 0.145 e. The summed E-state index contributed by atoms with van der Waals surface area (Å²) in [6.07, 6.45) is 7.60. The third kappa shape index (κ3) is 2.37. The molecule has 1 fully saturated rings.